The predicted molar refractivity (Wildman–Crippen MR) is 361 cm³/mol. The number of hydrogen-bond donors (Lipinski definition) is 7. The summed E-state index contributed by atoms with van der Waals surface area (Å²) in [6.07, 6.45) is -14.5. The largest absolute Gasteiger partial charge is 0.534 e. The molecule has 0 saturated heterocycles. The van der Waals surface area contributed by atoms with Gasteiger partial charge >= 0.3 is 51.5 Å². The summed E-state index contributed by atoms with van der Waals surface area (Å²) in [6.45, 7) is 12.2. The number of halogens is 13. The van der Waals surface area contributed by atoms with Crippen LogP contribution in [0.25, 0.3) is 11.6 Å². The van der Waals surface area contributed by atoms with E-state index in [0.29, 0.717) is 22.8 Å². The van der Waals surface area contributed by atoms with E-state index in [4.69, 9.17) is 29.6 Å². The number of hydrazine groups is 2. The van der Waals surface area contributed by atoms with E-state index in [1.54, 1.807) is 77.6 Å². The van der Waals surface area contributed by atoms with Crippen molar-refractivity contribution in [1.29, 1.82) is 0 Å². The highest BCUT2D eigenvalue weighted by atomic mass is 35.5. The second-order valence-electron chi connectivity index (χ2n) is 22.2. The van der Waals surface area contributed by atoms with Gasteiger partial charge in [0, 0.05) is 34.9 Å². The molecule has 596 valence electrons. The van der Waals surface area contributed by atoms with Crippen LogP contribution in [-0.4, -0.2) is 112 Å². The molecule has 3 aromatic carbocycles. The quantitative estimate of drug-likeness (QED) is 0.00335. The molecule has 4 heterocycles. The Morgan fingerprint density at radius 3 is 1.35 bits per heavy atom. The number of aromatic nitrogens is 5. The third-order valence-electron chi connectivity index (χ3n) is 14.6. The summed E-state index contributed by atoms with van der Waals surface area (Å²) in [5.41, 5.74) is -16.4. The first-order valence-corrected chi connectivity index (χ1v) is 31.9. The predicted octanol–water partition coefficient (Wildman–Crippen LogP) is 11.5. The number of amides is 3. The number of nitrogens with two attached hydrogens (primary N) is 1. The van der Waals surface area contributed by atoms with Gasteiger partial charge < -0.3 is 37.9 Å². The summed E-state index contributed by atoms with van der Waals surface area (Å²) in [4.78, 5) is 108. The number of carboxylic acids is 1. The van der Waals surface area contributed by atoms with Gasteiger partial charge in [0.2, 0.25) is 34.1 Å². The van der Waals surface area contributed by atoms with Crippen molar-refractivity contribution in [3.63, 3.8) is 0 Å². The van der Waals surface area contributed by atoms with E-state index in [1.165, 1.54) is 61.8 Å². The maximum absolute atomic E-state index is 14.5. The zero-order chi connectivity index (χ0) is 82.3. The number of nitro groups is 3. The number of rotatable bonds is 29. The molecule has 32 nitrogen and oxygen atoms in total. The molecule has 4 aromatic heterocycles. The van der Waals surface area contributed by atoms with Gasteiger partial charge in [-0.25, -0.2) is 10.6 Å². The van der Waals surface area contributed by atoms with Gasteiger partial charge in [-0.3, -0.25) is 70.6 Å². The van der Waals surface area contributed by atoms with Crippen LogP contribution in [0.1, 0.15) is 98.8 Å². The molecule has 0 radical (unpaired) electrons. The number of nitrogens with zero attached hydrogens (tertiary/aromatic N) is 6. The van der Waals surface area contributed by atoms with Crippen molar-refractivity contribution in [3.8, 4) is 17.5 Å². The molecule has 0 spiro atoms. The lowest BCUT2D eigenvalue weighted by Crippen LogP contribution is -2.61. The average molecular weight is 1620 g/mol. The lowest BCUT2D eigenvalue weighted by molar-refractivity contribution is -0.385. The van der Waals surface area contributed by atoms with E-state index in [9.17, 15) is 120 Å². The first-order valence-electron chi connectivity index (χ1n) is 30.4. The van der Waals surface area contributed by atoms with Crippen LogP contribution >= 0.6 is 12.4 Å². The van der Waals surface area contributed by atoms with Gasteiger partial charge in [0.05, 0.1) is 34.6 Å². The molecule has 8 N–H and O–H groups in total. The topological polar surface area (TPSA) is 469 Å². The van der Waals surface area contributed by atoms with E-state index in [0.717, 1.165) is 19.1 Å². The molecular weight excluding hydrogens is 1550 g/mol. The number of hydrogen-bond acceptors (Lipinski definition) is 23. The molecule has 3 atom stereocenters. The molecule has 0 saturated carbocycles. The van der Waals surface area contributed by atoms with Crippen molar-refractivity contribution in [3.05, 3.63) is 249 Å². The maximum atomic E-state index is 14.5. The normalized spacial score (nSPS) is 13.1. The molecule has 3 unspecified atom stereocenters. The molecule has 0 fully saturated rings. The van der Waals surface area contributed by atoms with Gasteiger partial charge in [0.1, 0.15) is 0 Å². The van der Waals surface area contributed by atoms with E-state index in [-0.39, 0.29) is 49.4 Å². The fourth-order valence-electron chi connectivity index (χ4n) is 8.90. The Balaban J connectivity index is 0.000000404. The minimum Gasteiger partial charge on any atom is -0.476 e. The van der Waals surface area contributed by atoms with Gasteiger partial charge in [-0.15, -0.1) is 42.3 Å². The minimum absolute atomic E-state index is 0. The van der Waals surface area contributed by atoms with Crippen LogP contribution in [-0.2, 0) is 59.3 Å². The van der Waals surface area contributed by atoms with Gasteiger partial charge in [0.15, 0.2) is 5.69 Å². The minimum atomic E-state index is -6.26. The molecule has 7 aromatic rings. The first-order chi connectivity index (χ1) is 50.7. The van der Waals surface area contributed by atoms with Crippen LogP contribution < -0.4 is 37.4 Å². The van der Waals surface area contributed by atoms with Crippen LogP contribution in [0.3, 0.4) is 0 Å². The summed E-state index contributed by atoms with van der Waals surface area (Å²) < 4.78 is 212. The summed E-state index contributed by atoms with van der Waals surface area (Å²) in [7, 11) is -6.26. The smallest absolute Gasteiger partial charge is 0.476 e. The number of allylic oxidation sites excluding steroid dienone is 3. The highest BCUT2D eigenvalue weighted by Gasteiger charge is 2.63. The van der Waals surface area contributed by atoms with Crippen LogP contribution in [0.2, 0.25) is 0 Å². The summed E-state index contributed by atoms with van der Waals surface area (Å²) in [6, 6.07) is 26.1. The zero-order valence-electron chi connectivity index (χ0n) is 56.9. The average Bonchev–Trinajstić information content (AvgIpc) is 1.57. The van der Waals surface area contributed by atoms with Crippen LogP contribution in [0.15, 0.2) is 161 Å². The molecular formula is C64H63ClF12N12O20S. The number of carboxylic acid groups (broad SMARTS) is 1. The molecule has 3 amide bonds. The van der Waals surface area contributed by atoms with Gasteiger partial charge in [-0.05, 0) is 76.0 Å². The number of nitrogens with one attached hydrogen (secondary N) is 5. The first kappa shape index (κ1) is 92.4. The molecule has 110 heavy (non-hydrogen) atoms. The Hall–Kier alpha value is -11.8. The number of ether oxygens (including phenoxy) is 3. The summed E-state index contributed by atoms with van der Waals surface area (Å²) in [5, 5.41) is 48.5. The lowest BCUT2D eigenvalue weighted by Gasteiger charge is -2.34. The number of carbonyl (C=O) groups excluding carboxylic acids is 3. The fraction of sp³-hybridized carbons (Fsp3) is 0.297. The van der Waals surface area contributed by atoms with Crippen molar-refractivity contribution in [2.75, 3.05) is 0 Å². The molecule has 7 rings (SSSR count). The number of alkyl halides is 12. The van der Waals surface area contributed by atoms with Gasteiger partial charge in [0.25, 0.3) is 46.3 Å². The summed E-state index contributed by atoms with van der Waals surface area (Å²) >= 11 is 0. The molecule has 0 aliphatic rings. The number of carbonyl (C=O) groups is 4. The van der Waals surface area contributed by atoms with Crippen molar-refractivity contribution < 1.29 is 123 Å². The number of aryl methyl sites for hydroxylation is 3. The Morgan fingerprint density at radius 1 is 0.582 bits per heavy atom. The second kappa shape index (κ2) is 39.3. The monoisotopic (exact) mass is 1610 g/mol. The van der Waals surface area contributed by atoms with Gasteiger partial charge in [-0.2, -0.15) is 66.1 Å². The van der Waals surface area contributed by atoms with Crippen LogP contribution in [0.5, 0.6) is 5.88 Å². The van der Waals surface area contributed by atoms with Crippen molar-refractivity contribution in [2.24, 2.45) is 5.84 Å². The number of aromatic amines is 2. The van der Waals surface area contributed by atoms with Crippen molar-refractivity contribution in [1.82, 2.24) is 41.4 Å². The Kier molecular flexibility index (Phi) is 33.0. The Labute approximate surface area is 617 Å². The number of H-pyrrole nitrogens is 2. The standard InChI is InChI=1S/C22H18F6N4O7S.C21H21F3N4O6.C14H17F3N2O2.C7H6N2O5.ClH/c1-3-4-10-20(21(23,24)25,37-12-14-8-6-5-7-9-14)19-31-30-18(38-19)16-15(32(33)34)11-13(2)17(29-16)39-40(35,36)22(26,27)28;1-3-4-10-20(21(22,23)24,34-12-14-8-6-5-7-9-14)19(31)27-26-18(30)16-15(28(32)33)11-13(2)17(29)25-16;1-2-3-9-13(12(20)19-18,14(15,16)17)21-10-11-7-5-4-6-8-11;1-3-2-4(9(13)14)5(7(11)12)8-6(3)10;/h3,5-9,11H,1,4,10,12H2,2H3;3,5-9,11H,1,4,10,12H2,2H3,(H,25,29)(H,26,30)(H,27,31);2,4-8H,1,3,9-10,18H2,(H,19,20);2H,1H3,(H,8,10)(H,11,12);1H. The third kappa shape index (κ3) is 23.6. The SMILES string of the molecule is C=CCCC(OCc1ccccc1)(C(=O)NN)C(F)(F)F.C=CCCC(OCc1ccccc1)(C(=O)NNC(=O)c1[nH]c(=O)c(C)cc1[N+](=O)[O-])C(F)(F)F.C=CCCC(OCc1ccccc1)(c1nnc(-c2nc(OS(=O)(=O)C(F)(F)F)c(C)cc2[N+](=O)[O-])o1)C(F)(F)F.Cc1cc([N+](=O)[O-])c(C(=O)O)[nH]c1=O.Cl. The molecule has 0 aliphatic carbocycles. The zero-order valence-corrected chi connectivity index (χ0v) is 58.6. The highest BCUT2D eigenvalue weighted by molar-refractivity contribution is 7.88. The van der Waals surface area contributed by atoms with E-state index in [2.05, 4.69) is 39.1 Å². The van der Waals surface area contributed by atoms with E-state index >= 15 is 0 Å². The van der Waals surface area contributed by atoms with E-state index < -0.39 is 190 Å². The fourth-order valence-corrected chi connectivity index (χ4v) is 9.37. The highest BCUT2D eigenvalue weighted by Crippen LogP contribution is 2.48. The maximum Gasteiger partial charge on any atom is 0.534 e. The van der Waals surface area contributed by atoms with Gasteiger partial charge in [-0.1, -0.05) is 109 Å². The van der Waals surface area contributed by atoms with Crippen LogP contribution in [0.4, 0.5) is 69.7 Å². The van der Waals surface area contributed by atoms with Crippen molar-refractivity contribution in [2.45, 2.75) is 120 Å². The number of aromatic carboxylic acids is 1. The Morgan fingerprint density at radius 2 is 0.973 bits per heavy atom. The summed E-state index contributed by atoms with van der Waals surface area (Å²) in [5.74, 6) is -4.74. The molecule has 0 bridgehead atoms. The molecule has 0 aliphatic heterocycles. The third-order valence-corrected chi connectivity index (χ3v) is 15.6. The molecule has 46 heteroatoms. The number of pyridine rings is 3. The van der Waals surface area contributed by atoms with E-state index in [1.807, 2.05) is 9.97 Å². The van der Waals surface area contributed by atoms with Crippen molar-refractivity contribution >= 4 is 63.3 Å². The van der Waals surface area contributed by atoms with Crippen LogP contribution in [0, 0.1) is 51.1 Å². The lowest BCUT2D eigenvalue weighted by atomic mass is 9.95. The number of benzene rings is 3. The second-order valence-corrected chi connectivity index (χ2v) is 23.7. The Bertz CT molecular complexity index is 4670.